The van der Waals surface area contributed by atoms with E-state index >= 15 is 0 Å². The molecule has 142 valence electrons. The van der Waals surface area contributed by atoms with Crippen LogP contribution in [0.5, 0.6) is 0 Å². The van der Waals surface area contributed by atoms with Crippen LogP contribution in [0.15, 0.2) is 18.3 Å². The summed E-state index contributed by atoms with van der Waals surface area (Å²) < 4.78 is 24.8. The van der Waals surface area contributed by atoms with Crippen molar-refractivity contribution in [3.8, 4) is 5.82 Å². The number of hydrogen-bond acceptors (Lipinski definition) is 6. The Labute approximate surface area is 161 Å². The maximum absolute atomic E-state index is 12.7. The van der Waals surface area contributed by atoms with Crippen LogP contribution in [0.3, 0.4) is 0 Å². The van der Waals surface area contributed by atoms with Gasteiger partial charge in [0.15, 0.2) is 21.3 Å². The standard InChI is InChI=1S/C17H18ClN5O3S/c18-10-1-3-19-14(7-10)23-16-12-5-9(12)6-13(16)15(22-23)17(24)21-20-11-2-4-27(25,26)8-11/h1,3,7,9,11-12,20H,2,4-6,8H2,(H,21,24)/t9-,11?,12-/m0/s1. The molecular formula is C17H18ClN5O3S. The number of sulfone groups is 1. The summed E-state index contributed by atoms with van der Waals surface area (Å²) in [5.74, 6) is 1.42. The van der Waals surface area contributed by atoms with Gasteiger partial charge in [0.2, 0.25) is 0 Å². The molecule has 1 unspecified atom stereocenters. The fourth-order valence-electron chi connectivity index (χ4n) is 4.12. The number of carbonyl (C=O) groups excluding carboxylic acids is 1. The number of rotatable bonds is 4. The average molecular weight is 408 g/mol. The van der Waals surface area contributed by atoms with E-state index in [1.165, 1.54) is 0 Å². The van der Waals surface area contributed by atoms with Crippen molar-refractivity contribution in [2.24, 2.45) is 5.92 Å². The Morgan fingerprint density at radius 1 is 1.37 bits per heavy atom. The van der Waals surface area contributed by atoms with Crippen LogP contribution in [0.1, 0.15) is 40.5 Å². The molecule has 1 saturated heterocycles. The van der Waals surface area contributed by atoms with Crippen molar-refractivity contribution in [2.45, 2.75) is 31.2 Å². The molecule has 2 aromatic heterocycles. The van der Waals surface area contributed by atoms with Crippen molar-refractivity contribution in [3.63, 3.8) is 0 Å². The topological polar surface area (TPSA) is 106 Å². The van der Waals surface area contributed by atoms with Crippen LogP contribution in [0.2, 0.25) is 5.02 Å². The van der Waals surface area contributed by atoms with Gasteiger partial charge in [-0.15, -0.1) is 0 Å². The highest BCUT2D eigenvalue weighted by molar-refractivity contribution is 7.91. The Morgan fingerprint density at radius 2 is 2.22 bits per heavy atom. The smallest absolute Gasteiger partial charge is 0.286 e. The van der Waals surface area contributed by atoms with Crippen LogP contribution in [-0.2, 0) is 16.3 Å². The summed E-state index contributed by atoms with van der Waals surface area (Å²) in [5, 5.41) is 5.08. The molecule has 0 aromatic carbocycles. The summed E-state index contributed by atoms with van der Waals surface area (Å²) in [6.45, 7) is 0. The molecule has 2 aliphatic carbocycles. The average Bonchev–Trinajstić information content (AvgIpc) is 2.97. The third-order valence-corrected chi connectivity index (χ3v) is 7.53. The summed E-state index contributed by atoms with van der Waals surface area (Å²) in [4.78, 5) is 17.1. The van der Waals surface area contributed by atoms with E-state index < -0.39 is 9.84 Å². The van der Waals surface area contributed by atoms with E-state index in [-0.39, 0.29) is 23.5 Å². The highest BCUT2D eigenvalue weighted by Gasteiger charge is 2.50. The summed E-state index contributed by atoms with van der Waals surface area (Å²) in [6.07, 6.45) is 4.05. The maximum Gasteiger partial charge on any atom is 0.286 e. The van der Waals surface area contributed by atoms with Gasteiger partial charge in [0.1, 0.15) is 0 Å². The lowest BCUT2D eigenvalue weighted by Gasteiger charge is -2.11. The van der Waals surface area contributed by atoms with Crippen molar-refractivity contribution in [1.29, 1.82) is 0 Å². The van der Waals surface area contributed by atoms with E-state index in [0.717, 1.165) is 24.1 Å². The molecule has 0 radical (unpaired) electrons. The second kappa shape index (κ2) is 6.02. The van der Waals surface area contributed by atoms with E-state index in [0.29, 0.717) is 34.8 Å². The van der Waals surface area contributed by atoms with Crippen LogP contribution >= 0.6 is 11.6 Å². The van der Waals surface area contributed by atoms with E-state index in [9.17, 15) is 13.2 Å². The molecule has 8 nitrogen and oxygen atoms in total. The minimum absolute atomic E-state index is 0.0381. The number of nitrogens with zero attached hydrogens (tertiary/aromatic N) is 3. The third kappa shape index (κ3) is 3.03. The molecule has 3 atom stereocenters. The molecule has 3 heterocycles. The first-order chi connectivity index (χ1) is 12.9. The number of amides is 1. The molecular weight excluding hydrogens is 390 g/mol. The minimum Gasteiger partial charge on any atom is -0.286 e. The lowest BCUT2D eigenvalue weighted by molar-refractivity contribution is 0.0920. The number of nitrogens with one attached hydrogen (secondary N) is 2. The van der Waals surface area contributed by atoms with Crippen molar-refractivity contribution >= 4 is 27.3 Å². The van der Waals surface area contributed by atoms with Gasteiger partial charge in [-0.25, -0.2) is 23.5 Å². The van der Waals surface area contributed by atoms with Gasteiger partial charge >= 0.3 is 0 Å². The monoisotopic (exact) mass is 407 g/mol. The first-order valence-electron chi connectivity index (χ1n) is 8.91. The van der Waals surface area contributed by atoms with Crippen LogP contribution in [0.4, 0.5) is 0 Å². The predicted molar refractivity (Wildman–Crippen MR) is 98.6 cm³/mol. The summed E-state index contributed by atoms with van der Waals surface area (Å²) in [7, 11) is -3.01. The van der Waals surface area contributed by atoms with Crippen LogP contribution in [0.25, 0.3) is 5.82 Å². The van der Waals surface area contributed by atoms with Gasteiger partial charge in [0.05, 0.1) is 17.2 Å². The highest BCUT2D eigenvalue weighted by Crippen LogP contribution is 2.57. The van der Waals surface area contributed by atoms with Crippen LogP contribution in [-0.4, -0.2) is 46.6 Å². The Bertz CT molecular complexity index is 1050. The Morgan fingerprint density at radius 3 is 2.96 bits per heavy atom. The second-order valence-corrected chi connectivity index (χ2v) is 10.1. The van der Waals surface area contributed by atoms with Crippen LogP contribution < -0.4 is 10.9 Å². The summed E-state index contributed by atoms with van der Waals surface area (Å²) in [6, 6.07) is 3.16. The molecule has 1 saturated carbocycles. The summed E-state index contributed by atoms with van der Waals surface area (Å²) >= 11 is 6.09. The van der Waals surface area contributed by atoms with Gasteiger partial charge in [0.25, 0.3) is 5.91 Å². The van der Waals surface area contributed by atoms with Gasteiger partial charge < -0.3 is 0 Å². The van der Waals surface area contributed by atoms with Crippen molar-refractivity contribution in [1.82, 2.24) is 25.6 Å². The van der Waals surface area contributed by atoms with E-state index in [4.69, 9.17) is 11.6 Å². The zero-order valence-electron chi connectivity index (χ0n) is 14.4. The largest absolute Gasteiger partial charge is 0.286 e. The van der Waals surface area contributed by atoms with Crippen molar-refractivity contribution < 1.29 is 13.2 Å². The molecule has 1 aliphatic heterocycles. The zero-order chi connectivity index (χ0) is 18.8. The summed E-state index contributed by atoms with van der Waals surface area (Å²) in [5.41, 5.74) is 7.85. The molecule has 5 rings (SSSR count). The molecule has 1 amide bonds. The Hall–Kier alpha value is -1.97. The number of halogens is 1. The second-order valence-electron chi connectivity index (χ2n) is 7.46. The maximum atomic E-state index is 12.7. The van der Waals surface area contributed by atoms with E-state index in [1.807, 2.05) is 0 Å². The zero-order valence-corrected chi connectivity index (χ0v) is 15.9. The predicted octanol–water partition coefficient (Wildman–Crippen LogP) is 1.00. The number of carbonyl (C=O) groups is 1. The molecule has 2 aromatic rings. The fourth-order valence-corrected chi connectivity index (χ4v) is 5.95. The van der Waals surface area contributed by atoms with Crippen molar-refractivity contribution in [2.75, 3.05) is 11.5 Å². The quantitative estimate of drug-likeness (QED) is 0.732. The Kier molecular flexibility index (Phi) is 3.82. The molecule has 10 heteroatoms. The fraction of sp³-hybridized carbons (Fsp3) is 0.471. The van der Waals surface area contributed by atoms with E-state index in [2.05, 4.69) is 20.9 Å². The van der Waals surface area contributed by atoms with Gasteiger partial charge in [-0.1, -0.05) is 11.6 Å². The molecule has 3 aliphatic rings. The molecule has 2 N–H and O–H groups in total. The SMILES string of the molecule is O=C(NNC1CCS(=O)(=O)C1)c1nn(-c2cc(Cl)ccn2)c2c1C[C@@H]1C[C@H]21. The van der Waals surface area contributed by atoms with Gasteiger partial charge in [-0.3, -0.25) is 10.2 Å². The first kappa shape index (κ1) is 17.2. The van der Waals surface area contributed by atoms with Crippen LogP contribution in [0, 0.1) is 5.92 Å². The lowest BCUT2D eigenvalue weighted by Crippen LogP contribution is -2.45. The van der Waals surface area contributed by atoms with Crippen molar-refractivity contribution in [3.05, 3.63) is 40.3 Å². The number of hydrazine groups is 1. The lowest BCUT2D eigenvalue weighted by atomic mass is 10.1. The molecule has 0 bridgehead atoms. The number of pyridine rings is 1. The van der Waals surface area contributed by atoms with Gasteiger partial charge in [-0.2, -0.15) is 5.10 Å². The Balaban J connectivity index is 1.41. The van der Waals surface area contributed by atoms with Gasteiger partial charge in [-0.05, 0) is 31.2 Å². The molecule has 0 spiro atoms. The first-order valence-corrected chi connectivity index (χ1v) is 11.1. The van der Waals surface area contributed by atoms with E-state index in [1.54, 1.807) is 23.0 Å². The van der Waals surface area contributed by atoms with Gasteiger partial charge in [0, 0.05) is 34.8 Å². The number of aromatic nitrogens is 3. The number of fused-ring (bicyclic) bond motifs is 3. The molecule has 27 heavy (non-hydrogen) atoms. The highest BCUT2D eigenvalue weighted by atomic mass is 35.5. The number of hydrogen-bond donors (Lipinski definition) is 2. The minimum atomic E-state index is -3.01. The normalized spacial score (nSPS) is 27.2. The third-order valence-electron chi connectivity index (χ3n) is 5.53. The molecule has 2 fully saturated rings.